The van der Waals surface area contributed by atoms with Crippen LogP contribution in [-0.4, -0.2) is 18.5 Å². The number of nitrogens with one attached hydrogen (secondary N) is 1. The molecule has 1 aliphatic rings. The molecule has 3 nitrogen and oxygen atoms in total. The molecule has 1 unspecified atom stereocenters. The van der Waals surface area contributed by atoms with Crippen molar-refractivity contribution < 1.29 is 4.79 Å². The third-order valence-electron chi connectivity index (χ3n) is 3.83. The summed E-state index contributed by atoms with van der Waals surface area (Å²) in [7, 11) is 0. The van der Waals surface area contributed by atoms with Crippen LogP contribution >= 0.6 is 0 Å². The number of carbonyl (C=O) groups is 1. The Morgan fingerprint density at radius 2 is 2.06 bits per heavy atom. The van der Waals surface area contributed by atoms with Gasteiger partial charge in [0.15, 0.2) is 0 Å². The van der Waals surface area contributed by atoms with E-state index in [0.717, 1.165) is 19.4 Å². The van der Waals surface area contributed by atoms with Crippen LogP contribution in [0.3, 0.4) is 0 Å². The summed E-state index contributed by atoms with van der Waals surface area (Å²) in [6.45, 7) is 7.39. The molecule has 1 fully saturated rings. The van der Waals surface area contributed by atoms with Crippen LogP contribution in [0.15, 0.2) is 0 Å². The van der Waals surface area contributed by atoms with Gasteiger partial charge in [-0.1, -0.05) is 33.6 Å². The summed E-state index contributed by atoms with van der Waals surface area (Å²) in [5, 5.41) is 3.05. The fourth-order valence-corrected chi connectivity index (χ4v) is 2.84. The Morgan fingerprint density at radius 1 is 1.41 bits per heavy atom. The molecule has 100 valence electrons. The Labute approximate surface area is 106 Å². The first-order valence-corrected chi connectivity index (χ1v) is 7.02. The van der Waals surface area contributed by atoms with Gasteiger partial charge in [-0.3, -0.25) is 4.79 Å². The van der Waals surface area contributed by atoms with E-state index >= 15 is 0 Å². The molecular formula is C14H28N2O. The maximum atomic E-state index is 11.8. The lowest BCUT2D eigenvalue weighted by atomic mass is 9.64. The second-order valence-electron chi connectivity index (χ2n) is 6.06. The summed E-state index contributed by atoms with van der Waals surface area (Å²) in [4.78, 5) is 11.8. The molecule has 0 saturated heterocycles. The zero-order valence-electron chi connectivity index (χ0n) is 11.6. The first-order chi connectivity index (χ1) is 7.99. The monoisotopic (exact) mass is 240 g/mol. The molecule has 3 N–H and O–H groups in total. The molecule has 1 saturated carbocycles. The van der Waals surface area contributed by atoms with E-state index in [4.69, 9.17) is 5.73 Å². The van der Waals surface area contributed by atoms with Gasteiger partial charge in [0.05, 0.1) is 6.04 Å². The maximum Gasteiger partial charge on any atom is 0.236 e. The number of hydrogen-bond acceptors (Lipinski definition) is 2. The van der Waals surface area contributed by atoms with E-state index < -0.39 is 0 Å². The largest absolute Gasteiger partial charge is 0.354 e. The molecule has 0 heterocycles. The van der Waals surface area contributed by atoms with E-state index in [9.17, 15) is 4.79 Å². The second kappa shape index (κ2) is 6.39. The van der Waals surface area contributed by atoms with Crippen molar-refractivity contribution in [3.63, 3.8) is 0 Å². The first-order valence-electron chi connectivity index (χ1n) is 7.02. The molecule has 1 aliphatic carbocycles. The van der Waals surface area contributed by atoms with Crippen molar-refractivity contribution >= 4 is 5.91 Å². The van der Waals surface area contributed by atoms with Gasteiger partial charge in [0.25, 0.3) is 0 Å². The molecule has 1 rings (SSSR count). The lowest BCUT2D eigenvalue weighted by Gasteiger charge is -2.43. The summed E-state index contributed by atoms with van der Waals surface area (Å²) < 4.78 is 0. The Bertz CT molecular complexity index is 247. The quantitative estimate of drug-likeness (QED) is 0.718. The highest BCUT2D eigenvalue weighted by Gasteiger charge is 2.37. The predicted octanol–water partition coefficient (Wildman–Crippen LogP) is 2.45. The van der Waals surface area contributed by atoms with Gasteiger partial charge in [-0.25, -0.2) is 0 Å². The fraction of sp³-hybridized carbons (Fsp3) is 0.929. The van der Waals surface area contributed by atoms with Crippen LogP contribution in [-0.2, 0) is 4.79 Å². The summed E-state index contributed by atoms with van der Waals surface area (Å²) >= 11 is 0. The summed E-state index contributed by atoms with van der Waals surface area (Å²) in [6, 6.07) is -0.323. The zero-order valence-corrected chi connectivity index (χ0v) is 11.6. The van der Waals surface area contributed by atoms with Crippen molar-refractivity contribution in [3.05, 3.63) is 0 Å². The number of carbonyl (C=O) groups excluding carboxylic acids is 1. The fourth-order valence-electron chi connectivity index (χ4n) is 2.84. The minimum absolute atomic E-state index is 0.0295. The van der Waals surface area contributed by atoms with E-state index in [2.05, 4.69) is 26.1 Å². The second-order valence-corrected chi connectivity index (χ2v) is 6.06. The van der Waals surface area contributed by atoms with Crippen LogP contribution in [0.5, 0.6) is 0 Å². The topological polar surface area (TPSA) is 55.1 Å². The number of nitrogens with two attached hydrogens (primary N) is 1. The highest BCUT2D eigenvalue weighted by molar-refractivity contribution is 5.81. The third kappa shape index (κ3) is 4.30. The molecule has 0 aromatic carbocycles. The van der Waals surface area contributed by atoms with Crippen molar-refractivity contribution in [1.82, 2.24) is 5.32 Å². The molecule has 0 bridgehead atoms. The Hall–Kier alpha value is -0.570. The molecule has 0 radical (unpaired) electrons. The van der Waals surface area contributed by atoms with E-state index in [1.165, 1.54) is 25.7 Å². The van der Waals surface area contributed by atoms with E-state index in [0.29, 0.717) is 11.3 Å². The minimum Gasteiger partial charge on any atom is -0.354 e. The average Bonchev–Trinajstić information content (AvgIpc) is 2.21. The summed E-state index contributed by atoms with van der Waals surface area (Å²) in [5.74, 6) is 0.735. The Kier molecular flexibility index (Phi) is 5.44. The zero-order chi connectivity index (χ0) is 12.9. The van der Waals surface area contributed by atoms with Crippen LogP contribution in [0.4, 0.5) is 0 Å². The van der Waals surface area contributed by atoms with Crippen LogP contribution in [0.2, 0.25) is 0 Å². The van der Waals surface area contributed by atoms with Crippen molar-refractivity contribution in [1.29, 1.82) is 0 Å². The number of hydrogen-bond donors (Lipinski definition) is 2. The van der Waals surface area contributed by atoms with Gasteiger partial charge in [0.2, 0.25) is 5.91 Å². The van der Waals surface area contributed by atoms with Crippen molar-refractivity contribution in [2.24, 2.45) is 17.1 Å². The third-order valence-corrected chi connectivity index (χ3v) is 3.83. The Balaban J connectivity index is 2.35. The van der Waals surface area contributed by atoms with Gasteiger partial charge in [-0.05, 0) is 37.0 Å². The van der Waals surface area contributed by atoms with E-state index in [-0.39, 0.29) is 11.9 Å². The first kappa shape index (κ1) is 14.5. The maximum absolute atomic E-state index is 11.8. The standard InChI is InChI=1S/C14H28N2O/c1-4-6-12(15)13(17)16-10-14(7-5-8-14)9-11(2)3/h11-12H,4-10,15H2,1-3H3,(H,16,17). The van der Waals surface area contributed by atoms with Gasteiger partial charge in [-0.2, -0.15) is 0 Å². The van der Waals surface area contributed by atoms with Crippen LogP contribution < -0.4 is 11.1 Å². The molecule has 0 aromatic rings. The van der Waals surface area contributed by atoms with Gasteiger partial charge < -0.3 is 11.1 Å². The normalized spacial score (nSPS) is 19.8. The smallest absolute Gasteiger partial charge is 0.236 e. The number of amides is 1. The molecule has 3 heteroatoms. The molecule has 0 aliphatic heterocycles. The highest BCUT2D eigenvalue weighted by Crippen LogP contribution is 2.45. The van der Waals surface area contributed by atoms with Crippen LogP contribution in [0.1, 0.15) is 59.3 Å². The molecular weight excluding hydrogens is 212 g/mol. The molecule has 1 atom stereocenters. The van der Waals surface area contributed by atoms with Gasteiger partial charge in [-0.15, -0.1) is 0 Å². The summed E-state index contributed by atoms with van der Waals surface area (Å²) in [6.07, 6.45) is 6.79. The van der Waals surface area contributed by atoms with Crippen LogP contribution in [0.25, 0.3) is 0 Å². The predicted molar refractivity (Wildman–Crippen MR) is 71.6 cm³/mol. The van der Waals surface area contributed by atoms with Crippen molar-refractivity contribution in [3.8, 4) is 0 Å². The molecule has 17 heavy (non-hydrogen) atoms. The average molecular weight is 240 g/mol. The molecule has 1 amide bonds. The van der Waals surface area contributed by atoms with Gasteiger partial charge >= 0.3 is 0 Å². The molecule has 0 aromatic heterocycles. The van der Waals surface area contributed by atoms with E-state index in [1.54, 1.807) is 0 Å². The lowest BCUT2D eigenvalue weighted by molar-refractivity contribution is -0.123. The lowest BCUT2D eigenvalue weighted by Crippen LogP contribution is -2.48. The SMILES string of the molecule is CCCC(N)C(=O)NCC1(CC(C)C)CCC1. The van der Waals surface area contributed by atoms with Gasteiger partial charge in [0, 0.05) is 6.54 Å². The number of rotatable bonds is 7. The summed E-state index contributed by atoms with van der Waals surface area (Å²) in [5.41, 5.74) is 6.18. The van der Waals surface area contributed by atoms with E-state index in [1.807, 2.05) is 0 Å². The molecule has 0 spiro atoms. The minimum atomic E-state index is -0.323. The van der Waals surface area contributed by atoms with Crippen molar-refractivity contribution in [2.75, 3.05) is 6.54 Å². The highest BCUT2D eigenvalue weighted by atomic mass is 16.2. The van der Waals surface area contributed by atoms with Crippen LogP contribution in [0, 0.1) is 11.3 Å². The van der Waals surface area contributed by atoms with Crippen molar-refractivity contribution in [2.45, 2.75) is 65.3 Å². The van der Waals surface area contributed by atoms with Gasteiger partial charge in [0.1, 0.15) is 0 Å². The Morgan fingerprint density at radius 3 is 2.47 bits per heavy atom.